The molecule has 2 fully saturated rings. The molecule has 0 radical (unpaired) electrons. The van der Waals surface area contributed by atoms with Crippen LogP contribution in [-0.2, 0) is 4.79 Å². The molecule has 2 aliphatic rings. The van der Waals surface area contributed by atoms with E-state index in [1.807, 2.05) is 0 Å². The highest BCUT2D eigenvalue weighted by molar-refractivity contribution is 7.99. The van der Waals surface area contributed by atoms with E-state index in [2.05, 4.69) is 5.32 Å². The third kappa shape index (κ3) is 2.42. The monoisotopic (exact) mass is 244 g/mol. The van der Waals surface area contributed by atoms with E-state index < -0.39 is 12.0 Å². The van der Waals surface area contributed by atoms with Crippen LogP contribution in [0.3, 0.4) is 0 Å². The van der Waals surface area contributed by atoms with Gasteiger partial charge >= 0.3 is 12.0 Å². The number of nitrogens with zero attached hydrogens (tertiary/aromatic N) is 1. The number of carbonyl (C=O) groups excluding carboxylic acids is 1. The number of hydrogen-bond donors (Lipinski definition) is 2. The van der Waals surface area contributed by atoms with E-state index in [4.69, 9.17) is 5.11 Å². The molecule has 0 aromatic rings. The third-order valence-electron chi connectivity index (χ3n) is 3.11. The average molecular weight is 244 g/mol. The molecule has 16 heavy (non-hydrogen) atoms. The summed E-state index contributed by atoms with van der Waals surface area (Å²) in [6.07, 6.45) is 3.20. The Bertz CT molecular complexity index is 294. The van der Waals surface area contributed by atoms with Crippen molar-refractivity contribution in [1.82, 2.24) is 10.2 Å². The van der Waals surface area contributed by atoms with E-state index in [-0.39, 0.29) is 12.1 Å². The van der Waals surface area contributed by atoms with Crippen LogP contribution in [0.2, 0.25) is 0 Å². The van der Waals surface area contributed by atoms with Crippen molar-refractivity contribution in [2.45, 2.75) is 31.3 Å². The van der Waals surface area contributed by atoms with E-state index in [0.29, 0.717) is 12.3 Å². The molecule has 2 amide bonds. The van der Waals surface area contributed by atoms with Crippen LogP contribution in [-0.4, -0.2) is 52.1 Å². The highest BCUT2D eigenvalue weighted by atomic mass is 32.2. The average Bonchev–Trinajstić information content (AvgIpc) is 2.23. The summed E-state index contributed by atoms with van der Waals surface area (Å²) in [4.78, 5) is 24.3. The molecular formula is C10H16N2O3S. The number of nitrogens with one attached hydrogen (secondary N) is 1. The van der Waals surface area contributed by atoms with Gasteiger partial charge in [-0.25, -0.2) is 9.59 Å². The normalized spacial score (nSPS) is 26.0. The Morgan fingerprint density at radius 2 is 2.12 bits per heavy atom. The maximum atomic E-state index is 11.9. The molecule has 2 N–H and O–H groups in total. The molecule has 1 saturated carbocycles. The molecule has 1 aliphatic heterocycles. The number of urea groups is 1. The van der Waals surface area contributed by atoms with Crippen molar-refractivity contribution >= 4 is 23.8 Å². The maximum Gasteiger partial charge on any atom is 0.327 e. The summed E-state index contributed by atoms with van der Waals surface area (Å²) in [5.74, 6) is 0.408. The van der Waals surface area contributed by atoms with Crippen molar-refractivity contribution in [3.63, 3.8) is 0 Å². The molecule has 1 saturated heterocycles. The quantitative estimate of drug-likeness (QED) is 0.752. The Balaban J connectivity index is 1.93. The van der Waals surface area contributed by atoms with Crippen LogP contribution in [0, 0.1) is 0 Å². The number of amides is 2. The highest BCUT2D eigenvalue weighted by Crippen LogP contribution is 2.20. The Labute approximate surface area is 98.6 Å². The van der Waals surface area contributed by atoms with Crippen LogP contribution in [0.25, 0.3) is 0 Å². The maximum absolute atomic E-state index is 11.9. The van der Waals surface area contributed by atoms with Gasteiger partial charge < -0.3 is 15.3 Å². The lowest BCUT2D eigenvalue weighted by Crippen LogP contribution is -2.56. The fourth-order valence-electron chi connectivity index (χ4n) is 1.86. The Hall–Kier alpha value is -0.910. The summed E-state index contributed by atoms with van der Waals surface area (Å²) in [5, 5.41) is 11.9. The molecule has 5 nitrogen and oxygen atoms in total. The van der Waals surface area contributed by atoms with Gasteiger partial charge in [-0.05, 0) is 19.3 Å². The molecule has 1 aliphatic carbocycles. The molecular weight excluding hydrogens is 228 g/mol. The summed E-state index contributed by atoms with van der Waals surface area (Å²) in [7, 11) is 0. The molecule has 1 heterocycles. The molecule has 0 bridgehead atoms. The van der Waals surface area contributed by atoms with E-state index >= 15 is 0 Å². The van der Waals surface area contributed by atoms with Crippen LogP contribution in [0.15, 0.2) is 0 Å². The fourth-order valence-corrected chi connectivity index (χ4v) is 2.90. The molecule has 1 unspecified atom stereocenters. The lowest BCUT2D eigenvalue weighted by Gasteiger charge is -2.35. The number of carboxylic acid groups (broad SMARTS) is 1. The van der Waals surface area contributed by atoms with Gasteiger partial charge in [-0.2, -0.15) is 11.8 Å². The summed E-state index contributed by atoms with van der Waals surface area (Å²) in [6.45, 7) is 0.528. The smallest absolute Gasteiger partial charge is 0.327 e. The topological polar surface area (TPSA) is 69.6 Å². The van der Waals surface area contributed by atoms with Gasteiger partial charge in [0.2, 0.25) is 0 Å². The first-order valence-corrected chi connectivity index (χ1v) is 6.71. The minimum Gasteiger partial charge on any atom is -0.480 e. The number of aliphatic carboxylic acids is 1. The highest BCUT2D eigenvalue weighted by Gasteiger charge is 2.33. The van der Waals surface area contributed by atoms with Gasteiger partial charge in [0.05, 0.1) is 0 Å². The largest absolute Gasteiger partial charge is 0.480 e. The zero-order valence-corrected chi connectivity index (χ0v) is 9.83. The molecule has 6 heteroatoms. The van der Waals surface area contributed by atoms with Gasteiger partial charge in [0, 0.05) is 24.1 Å². The zero-order valence-electron chi connectivity index (χ0n) is 9.02. The van der Waals surface area contributed by atoms with Gasteiger partial charge in [0.1, 0.15) is 6.04 Å². The van der Waals surface area contributed by atoms with Crippen LogP contribution < -0.4 is 5.32 Å². The molecule has 0 aromatic carbocycles. The molecule has 1 atom stereocenters. The standard InChI is InChI=1S/C10H16N2O3S/c13-9(14)8-6-16-5-4-12(8)10(15)11-7-2-1-3-7/h7-8H,1-6H2,(H,11,15)(H,13,14). The summed E-state index contributed by atoms with van der Waals surface area (Å²) in [5.41, 5.74) is 0. The minimum atomic E-state index is -0.907. The van der Waals surface area contributed by atoms with E-state index in [0.717, 1.165) is 25.0 Å². The van der Waals surface area contributed by atoms with Crippen molar-refractivity contribution in [1.29, 1.82) is 0 Å². The SMILES string of the molecule is O=C(O)C1CSCCN1C(=O)NC1CCC1. The van der Waals surface area contributed by atoms with Crippen LogP contribution in [0.1, 0.15) is 19.3 Å². The molecule has 0 spiro atoms. The number of hydrogen-bond acceptors (Lipinski definition) is 3. The number of thioether (sulfide) groups is 1. The van der Waals surface area contributed by atoms with Gasteiger partial charge in [-0.3, -0.25) is 0 Å². The minimum absolute atomic E-state index is 0.211. The lowest BCUT2D eigenvalue weighted by molar-refractivity contribution is -0.141. The number of carbonyl (C=O) groups is 2. The second kappa shape index (κ2) is 4.95. The van der Waals surface area contributed by atoms with Crippen molar-refractivity contribution in [3.05, 3.63) is 0 Å². The van der Waals surface area contributed by atoms with Crippen LogP contribution in [0.5, 0.6) is 0 Å². The first-order chi connectivity index (χ1) is 7.68. The summed E-state index contributed by atoms with van der Waals surface area (Å²) >= 11 is 1.59. The van der Waals surface area contributed by atoms with E-state index in [1.165, 1.54) is 4.90 Å². The molecule has 90 valence electrons. The summed E-state index contributed by atoms with van der Waals surface area (Å²) < 4.78 is 0. The van der Waals surface area contributed by atoms with Crippen molar-refractivity contribution in [3.8, 4) is 0 Å². The van der Waals surface area contributed by atoms with Crippen molar-refractivity contribution in [2.24, 2.45) is 0 Å². The molecule has 2 rings (SSSR count). The Morgan fingerprint density at radius 1 is 1.38 bits per heavy atom. The lowest BCUT2D eigenvalue weighted by atomic mass is 9.93. The van der Waals surface area contributed by atoms with Crippen LogP contribution in [0.4, 0.5) is 4.79 Å². The van der Waals surface area contributed by atoms with Crippen molar-refractivity contribution < 1.29 is 14.7 Å². The first-order valence-electron chi connectivity index (χ1n) is 5.56. The summed E-state index contributed by atoms with van der Waals surface area (Å²) in [6, 6.07) is -0.618. The number of rotatable bonds is 2. The second-order valence-electron chi connectivity index (χ2n) is 4.20. The Morgan fingerprint density at radius 3 is 2.69 bits per heavy atom. The molecule has 0 aromatic heterocycles. The Kier molecular flexibility index (Phi) is 3.58. The van der Waals surface area contributed by atoms with Gasteiger partial charge in [-0.15, -0.1) is 0 Å². The van der Waals surface area contributed by atoms with Gasteiger partial charge in [-0.1, -0.05) is 0 Å². The van der Waals surface area contributed by atoms with Crippen molar-refractivity contribution in [2.75, 3.05) is 18.1 Å². The van der Waals surface area contributed by atoms with E-state index in [9.17, 15) is 9.59 Å². The zero-order chi connectivity index (χ0) is 11.5. The van der Waals surface area contributed by atoms with Gasteiger partial charge in [0.15, 0.2) is 0 Å². The first kappa shape index (κ1) is 11.6. The third-order valence-corrected chi connectivity index (χ3v) is 4.13. The predicted octanol–water partition coefficient (Wildman–Crippen LogP) is 0.750. The predicted molar refractivity (Wildman–Crippen MR) is 61.6 cm³/mol. The second-order valence-corrected chi connectivity index (χ2v) is 5.35. The number of carboxylic acids is 1. The fraction of sp³-hybridized carbons (Fsp3) is 0.800. The van der Waals surface area contributed by atoms with Crippen LogP contribution >= 0.6 is 11.8 Å². The van der Waals surface area contributed by atoms with E-state index in [1.54, 1.807) is 11.8 Å². The van der Waals surface area contributed by atoms with Gasteiger partial charge in [0.25, 0.3) is 0 Å².